The highest BCUT2D eigenvalue weighted by molar-refractivity contribution is 5.80. The van der Waals surface area contributed by atoms with Crippen LogP contribution in [0.4, 0.5) is 10.1 Å². The third kappa shape index (κ3) is 4.14. The molecule has 2 fully saturated rings. The van der Waals surface area contributed by atoms with Crippen molar-refractivity contribution in [1.82, 2.24) is 10.6 Å². The molecule has 2 aliphatic rings. The number of rotatable bonds is 4. The standard InChI is InChI=1S/C22H26FN3O/c23-17-6-8-19(9-7-17)26-12-10-18(11-13-26)25-22(27)21-15-24-14-20(21)16-4-2-1-3-5-16/h1-9,18,20-21,24H,10-15H2,(H,25,27)/t20-,21+/m0/s1. The summed E-state index contributed by atoms with van der Waals surface area (Å²) in [5.74, 6) is 0.182. The van der Waals surface area contributed by atoms with Crippen molar-refractivity contribution in [2.45, 2.75) is 24.8 Å². The lowest BCUT2D eigenvalue weighted by Gasteiger charge is -2.34. The molecule has 0 saturated carbocycles. The smallest absolute Gasteiger partial charge is 0.225 e. The average molecular weight is 367 g/mol. The number of benzene rings is 2. The lowest BCUT2D eigenvalue weighted by atomic mass is 9.88. The van der Waals surface area contributed by atoms with Crippen molar-refractivity contribution in [3.63, 3.8) is 0 Å². The number of hydrogen-bond acceptors (Lipinski definition) is 3. The van der Waals surface area contributed by atoms with Gasteiger partial charge in [-0.05, 0) is 42.7 Å². The molecular formula is C22H26FN3O. The molecule has 2 saturated heterocycles. The van der Waals surface area contributed by atoms with Crippen LogP contribution < -0.4 is 15.5 Å². The fourth-order valence-corrected chi connectivity index (χ4v) is 4.25. The van der Waals surface area contributed by atoms with Crippen molar-refractivity contribution >= 4 is 11.6 Å². The van der Waals surface area contributed by atoms with E-state index >= 15 is 0 Å². The normalized spacial score (nSPS) is 23.4. The molecule has 5 heteroatoms. The second-order valence-corrected chi connectivity index (χ2v) is 7.53. The largest absolute Gasteiger partial charge is 0.371 e. The van der Waals surface area contributed by atoms with Crippen molar-refractivity contribution in [3.05, 3.63) is 66.0 Å². The Hall–Kier alpha value is -2.40. The molecule has 0 spiro atoms. The summed E-state index contributed by atoms with van der Waals surface area (Å²) < 4.78 is 13.1. The van der Waals surface area contributed by atoms with Gasteiger partial charge in [-0.25, -0.2) is 4.39 Å². The third-order valence-electron chi connectivity index (χ3n) is 5.81. The predicted molar refractivity (Wildman–Crippen MR) is 105 cm³/mol. The first-order valence-corrected chi connectivity index (χ1v) is 9.77. The van der Waals surface area contributed by atoms with E-state index in [0.29, 0.717) is 0 Å². The molecule has 2 aliphatic heterocycles. The molecule has 0 unspecified atom stereocenters. The van der Waals surface area contributed by atoms with Crippen molar-refractivity contribution < 1.29 is 9.18 Å². The van der Waals surface area contributed by atoms with Gasteiger partial charge in [-0.2, -0.15) is 0 Å². The summed E-state index contributed by atoms with van der Waals surface area (Å²) in [4.78, 5) is 15.1. The maximum atomic E-state index is 13.1. The molecule has 27 heavy (non-hydrogen) atoms. The first kappa shape index (κ1) is 18.0. The zero-order chi connectivity index (χ0) is 18.6. The lowest BCUT2D eigenvalue weighted by Crippen LogP contribution is -2.47. The molecule has 142 valence electrons. The van der Waals surface area contributed by atoms with Crippen LogP contribution in [-0.4, -0.2) is 38.1 Å². The van der Waals surface area contributed by atoms with Crippen molar-refractivity contribution in [1.29, 1.82) is 0 Å². The maximum absolute atomic E-state index is 13.1. The minimum Gasteiger partial charge on any atom is -0.371 e. The Bertz CT molecular complexity index is 757. The van der Waals surface area contributed by atoms with Crippen molar-refractivity contribution in [3.8, 4) is 0 Å². The van der Waals surface area contributed by atoms with Crippen LogP contribution in [-0.2, 0) is 4.79 Å². The lowest BCUT2D eigenvalue weighted by molar-refractivity contribution is -0.125. The molecule has 2 N–H and O–H groups in total. The summed E-state index contributed by atoms with van der Waals surface area (Å²) in [5, 5.41) is 6.65. The van der Waals surface area contributed by atoms with Gasteiger partial charge in [-0.15, -0.1) is 0 Å². The van der Waals surface area contributed by atoms with Crippen LogP contribution in [0.25, 0.3) is 0 Å². The summed E-state index contributed by atoms with van der Waals surface area (Å²) in [6.07, 6.45) is 1.83. The Kier molecular flexibility index (Phi) is 5.39. The summed E-state index contributed by atoms with van der Waals surface area (Å²) in [6.45, 7) is 3.34. The molecular weight excluding hydrogens is 341 g/mol. The van der Waals surface area contributed by atoms with Gasteiger partial charge >= 0.3 is 0 Å². The highest BCUT2D eigenvalue weighted by Gasteiger charge is 2.35. The number of nitrogens with one attached hydrogen (secondary N) is 2. The Labute approximate surface area is 159 Å². The van der Waals surface area contributed by atoms with Crippen LogP contribution in [0.2, 0.25) is 0 Å². The fraction of sp³-hybridized carbons (Fsp3) is 0.409. The molecule has 0 radical (unpaired) electrons. The molecule has 0 bridgehead atoms. The first-order valence-electron chi connectivity index (χ1n) is 9.77. The molecule has 0 aromatic heterocycles. The highest BCUT2D eigenvalue weighted by Crippen LogP contribution is 2.28. The van der Waals surface area contributed by atoms with Crippen LogP contribution in [0.5, 0.6) is 0 Å². The Morgan fingerprint density at radius 2 is 1.70 bits per heavy atom. The molecule has 1 amide bonds. The van der Waals surface area contributed by atoms with Gasteiger partial charge < -0.3 is 15.5 Å². The fourth-order valence-electron chi connectivity index (χ4n) is 4.25. The minimum absolute atomic E-state index is 0.0115. The average Bonchev–Trinajstić information content (AvgIpc) is 3.20. The first-order chi connectivity index (χ1) is 13.2. The monoisotopic (exact) mass is 367 g/mol. The van der Waals surface area contributed by atoms with Crippen molar-refractivity contribution in [2.75, 3.05) is 31.1 Å². The molecule has 2 atom stereocenters. The van der Waals surface area contributed by atoms with Gasteiger partial charge in [0.25, 0.3) is 0 Å². The highest BCUT2D eigenvalue weighted by atomic mass is 19.1. The second-order valence-electron chi connectivity index (χ2n) is 7.53. The van der Waals surface area contributed by atoms with Gasteiger partial charge in [-0.1, -0.05) is 30.3 Å². The van der Waals surface area contributed by atoms with Crippen LogP contribution in [0, 0.1) is 11.7 Å². The molecule has 2 aromatic rings. The van der Waals surface area contributed by atoms with E-state index in [1.165, 1.54) is 17.7 Å². The van der Waals surface area contributed by atoms with E-state index < -0.39 is 0 Å². The number of amides is 1. The number of piperidine rings is 1. The van der Waals surface area contributed by atoms with Crippen LogP contribution in [0.1, 0.15) is 24.3 Å². The number of hydrogen-bond donors (Lipinski definition) is 2. The van der Waals surface area contributed by atoms with Gasteiger partial charge in [0.1, 0.15) is 5.82 Å². The predicted octanol–water partition coefficient (Wildman–Crippen LogP) is 2.91. The van der Waals surface area contributed by atoms with E-state index in [-0.39, 0.29) is 29.6 Å². The third-order valence-corrected chi connectivity index (χ3v) is 5.81. The van der Waals surface area contributed by atoms with Gasteiger partial charge in [0.15, 0.2) is 0 Å². The Morgan fingerprint density at radius 1 is 1.00 bits per heavy atom. The maximum Gasteiger partial charge on any atom is 0.225 e. The summed E-state index contributed by atoms with van der Waals surface area (Å²) in [7, 11) is 0. The van der Waals surface area contributed by atoms with E-state index in [0.717, 1.165) is 44.7 Å². The van der Waals surface area contributed by atoms with Crippen LogP contribution in [0.15, 0.2) is 54.6 Å². The van der Waals surface area contributed by atoms with E-state index in [4.69, 9.17) is 0 Å². The van der Waals surface area contributed by atoms with Crippen LogP contribution in [0.3, 0.4) is 0 Å². The van der Waals surface area contributed by atoms with E-state index in [1.807, 2.05) is 30.3 Å². The number of nitrogens with zero attached hydrogens (tertiary/aromatic N) is 1. The molecule has 2 heterocycles. The second kappa shape index (κ2) is 8.09. The van der Waals surface area contributed by atoms with E-state index in [1.54, 1.807) is 0 Å². The van der Waals surface area contributed by atoms with E-state index in [2.05, 4.69) is 27.7 Å². The zero-order valence-corrected chi connectivity index (χ0v) is 15.4. The Balaban J connectivity index is 1.32. The number of carbonyl (C=O) groups excluding carboxylic acids is 1. The minimum atomic E-state index is -0.209. The molecule has 4 nitrogen and oxygen atoms in total. The SMILES string of the molecule is O=C(NC1CCN(c2ccc(F)cc2)CC1)[C@@H]1CNC[C@H]1c1ccccc1. The van der Waals surface area contributed by atoms with E-state index in [9.17, 15) is 9.18 Å². The van der Waals surface area contributed by atoms with Crippen molar-refractivity contribution in [2.24, 2.45) is 5.92 Å². The number of halogens is 1. The van der Waals surface area contributed by atoms with Crippen LogP contribution >= 0.6 is 0 Å². The quantitative estimate of drug-likeness (QED) is 0.873. The topological polar surface area (TPSA) is 44.4 Å². The van der Waals surface area contributed by atoms with Gasteiger partial charge in [0, 0.05) is 43.8 Å². The summed E-state index contributed by atoms with van der Waals surface area (Å²) >= 11 is 0. The summed E-state index contributed by atoms with van der Waals surface area (Å²) in [5.41, 5.74) is 2.28. The summed E-state index contributed by atoms with van der Waals surface area (Å²) in [6, 6.07) is 17.2. The molecule has 4 rings (SSSR count). The number of carbonyl (C=O) groups is 1. The van der Waals surface area contributed by atoms with Gasteiger partial charge in [0.05, 0.1) is 5.92 Å². The zero-order valence-electron chi connectivity index (χ0n) is 15.4. The molecule has 0 aliphatic carbocycles. The van der Waals surface area contributed by atoms with Gasteiger partial charge in [0.2, 0.25) is 5.91 Å². The Morgan fingerprint density at radius 3 is 2.41 bits per heavy atom. The molecule has 2 aromatic carbocycles. The van der Waals surface area contributed by atoms with Gasteiger partial charge in [-0.3, -0.25) is 4.79 Å². The number of anilines is 1.